The average molecular weight is 419 g/mol. The Morgan fingerprint density at radius 3 is 2.55 bits per heavy atom. The fourth-order valence-corrected chi connectivity index (χ4v) is 4.47. The Bertz CT molecular complexity index is 1090. The maximum absolute atomic E-state index is 13.7. The van der Waals surface area contributed by atoms with Gasteiger partial charge in [0.2, 0.25) is 11.8 Å². The van der Waals surface area contributed by atoms with Gasteiger partial charge in [-0.1, -0.05) is 60.7 Å². The molecular weight excluding hydrogens is 391 g/mol. The van der Waals surface area contributed by atoms with Crippen LogP contribution in [0, 0.1) is 5.82 Å². The Morgan fingerprint density at radius 2 is 1.74 bits per heavy atom. The van der Waals surface area contributed by atoms with Gasteiger partial charge in [-0.2, -0.15) is 0 Å². The van der Waals surface area contributed by atoms with Crippen LogP contribution in [0.25, 0.3) is 10.8 Å². The van der Waals surface area contributed by atoms with E-state index in [4.69, 9.17) is 0 Å². The Labute approximate surface area is 181 Å². The second kappa shape index (κ2) is 9.29. The normalized spacial score (nSPS) is 18.2. The Hall–Kier alpha value is -3.21. The number of amides is 2. The first kappa shape index (κ1) is 21.0. The SMILES string of the molecule is O=C(CC[C@]1(Cc2cccc3ccccc23)CCC(=O)N1)NCCc1ccccc1F. The van der Waals surface area contributed by atoms with Crippen molar-refractivity contribution in [3.63, 3.8) is 0 Å². The van der Waals surface area contributed by atoms with Gasteiger partial charge in [-0.3, -0.25) is 9.59 Å². The van der Waals surface area contributed by atoms with Crippen LogP contribution in [0.2, 0.25) is 0 Å². The topological polar surface area (TPSA) is 58.2 Å². The standard InChI is InChI=1S/C26H27FN2O2/c27-23-11-4-2-7-20(23)14-17-28-24(30)12-15-26(16-13-25(31)29-26)18-21-9-5-8-19-6-1-3-10-22(19)21/h1-11H,12-18H2,(H,28,30)(H,29,31)/t26-/m1/s1. The second-order valence-electron chi connectivity index (χ2n) is 8.33. The summed E-state index contributed by atoms with van der Waals surface area (Å²) >= 11 is 0. The van der Waals surface area contributed by atoms with Gasteiger partial charge in [0.05, 0.1) is 0 Å². The van der Waals surface area contributed by atoms with E-state index < -0.39 is 5.54 Å². The molecule has 3 aromatic carbocycles. The molecule has 1 aliphatic heterocycles. The second-order valence-corrected chi connectivity index (χ2v) is 8.33. The quantitative estimate of drug-likeness (QED) is 0.573. The van der Waals surface area contributed by atoms with Crippen molar-refractivity contribution in [1.29, 1.82) is 0 Å². The molecule has 1 saturated heterocycles. The van der Waals surface area contributed by atoms with Crippen LogP contribution < -0.4 is 10.6 Å². The van der Waals surface area contributed by atoms with Crippen LogP contribution >= 0.6 is 0 Å². The highest BCUT2D eigenvalue weighted by atomic mass is 19.1. The fourth-order valence-electron chi connectivity index (χ4n) is 4.47. The van der Waals surface area contributed by atoms with Crippen LogP contribution in [0.4, 0.5) is 4.39 Å². The zero-order chi connectivity index (χ0) is 21.7. The van der Waals surface area contributed by atoms with Crippen molar-refractivity contribution in [2.75, 3.05) is 6.54 Å². The maximum Gasteiger partial charge on any atom is 0.220 e. The van der Waals surface area contributed by atoms with E-state index in [9.17, 15) is 14.0 Å². The van der Waals surface area contributed by atoms with Crippen LogP contribution in [0.1, 0.15) is 36.8 Å². The first-order chi connectivity index (χ1) is 15.0. The van der Waals surface area contributed by atoms with Crippen molar-refractivity contribution in [3.8, 4) is 0 Å². The molecule has 0 radical (unpaired) electrons. The molecule has 0 unspecified atom stereocenters. The van der Waals surface area contributed by atoms with Gasteiger partial charge in [-0.15, -0.1) is 0 Å². The monoisotopic (exact) mass is 418 g/mol. The third-order valence-corrected chi connectivity index (χ3v) is 6.15. The van der Waals surface area contributed by atoms with Gasteiger partial charge in [-0.05, 0) is 53.6 Å². The summed E-state index contributed by atoms with van der Waals surface area (Å²) in [6.45, 7) is 0.391. The maximum atomic E-state index is 13.7. The van der Waals surface area contributed by atoms with Gasteiger partial charge < -0.3 is 10.6 Å². The summed E-state index contributed by atoms with van der Waals surface area (Å²) in [6.07, 6.45) is 3.26. The molecule has 0 aromatic heterocycles. The molecule has 0 saturated carbocycles. The number of carbonyl (C=O) groups excluding carboxylic acids is 2. The smallest absolute Gasteiger partial charge is 0.220 e. The van der Waals surface area contributed by atoms with Crippen molar-refractivity contribution in [2.24, 2.45) is 0 Å². The highest BCUT2D eigenvalue weighted by molar-refractivity contribution is 5.86. The number of halogens is 1. The zero-order valence-corrected chi connectivity index (χ0v) is 17.5. The van der Waals surface area contributed by atoms with Crippen molar-refractivity contribution in [2.45, 2.75) is 44.1 Å². The number of rotatable bonds is 8. The minimum Gasteiger partial charge on any atom is -0.356 e. The number of hydrogen-bond acceptors (Lipinski definition) is 2. The lowest BCUT2D eigenvalue weighted by molar-refractivity contribution is -0.122. The van der Waals surface area contributed by atoms with Crippen LogP contribution in [-0.4, -0.2) is 23.9 Å². The average Bonchev–Trinajstić information content (AvgIpc) is 3.14. The van der Waals surface area contributed by atoms with Crippen LogP contribution in [0.3, 0.4) is 0 Å². The molecule has 31 heavy (non-hydrogen) atoms. The molecule has 3 aromatic rings. The summed E-state index contributed by atoms with van der Waals surface area (Å²) in [4.78, 5) is 24.5. The van der Waals surface area contributed by atoms with Crippen LogP contribution in [-0.2, 0) is 22.4 Å². The van der Waals surface area contributed by atoms with Crippen molar-refractivity contribution in [1.82, 2.24) is 10.6 Å². The molecule has 160 valence electrons. The largest absolute Gasteiger partial charge is 0.356 e. The molecule has 1 atom stereocenters. The molecule has 1 fully saturated rings. The molecule has 4 nitrogen and oxygen atoms in total. The predicted octanol–water partition coefficient (Wildman–Crippen LogP) is 4.31. The molecule has 4 rings (SSSR count). The summed E-state index contributed by atoms with van der Waals surface area (Å²) < 4.78 is 13.7. The van der Waals surface area contributed by atoms with E-state index in [1.54, 1.807) is 18.2 Å². The summed E-state index contributed by atoms with van der Waals surface area (Å²) in [6, 6.07) is 21.1. The molecule has 0 bridgehead atoms. The number of hydrogen-bond donors (Lipinski definition) is 2. The van der Waals surface area contributed by atoms with E-state index >= 15 is 0 Å². The van der Waals surface area contributed by atoms with Crippen molar-refractivity contribution < 1.29 is 14.0 Å². The molecule has 0 aliphatic carbocycles. The van der Waals surface area contributed by atoms with Gasteiger partial charge in [0.15, 0.2) is 0 Å². The van der Waals surface area contributed by atoms with Gasteiger partial charge in [0.1, 0.15) is 5.82 Å². The van der Waals surface area contributed by atoms with E-state index in [2.05, 4.69) is 34.9 Å². The molecule has 1 heterocycles. The van der Waals surface area contributed by atoms with E-state index in [1.165, 1.54) is 22.4 Å². The Kier molecular flexibility index (Phi) is 6.31. The lowest BCUT2D eigenvalue weighted by Crippen LogP contribution is -2.44. The molecule has 2 N–H and O–H groups in total. The van der Waals surface area contributed by atoms with Gasteiger partial charge >= 0.3 is 0 Å². The Morgan fingerprint density at radius 1 is 1.00 bits per heavy atom. The van der Waals surface area contributed by atoms with Gasteiger partial charge in [-0.25, -0.2) is 4.39 Å². The summed E-state index contributed by atoms with van der Waals surface area (Å²) in [7, 11) is 0. The number of fused-ring (bicyclic) bond motifs is 1. The molecule has 0 spiro atoms. The number of benzene rings is 3. The van der Waals surface area contributed by atoms with Crippen LogP contribution in [0.5, 0.6) is 0 Å². The third-order valence-electron chi connectivity index (χ3n) is 6.15. The fraction of sp³-hybridized carbons (Fsp3) is 0.308. The Balaban J connectivity index is 1.38. The molecule has 5 heteroatoms. The minimum atomic E-state index is -0.413. The molecule has 2 amide bonds. The third kappa shape index (κ3) is 5.10. The first-order valence-electron chi connectivity index (χ1n) is 10.8. The number of nitrogens with one attached hydrogen (secondary N) is 2. The van der Waals surface area contributed by atoms with E-state index in [0.29, 0.717) is 44.2 Å². The lowest BCUT2D eigenvalue weighted by Gasteiger charge is -2.30. The summed E-state index contributed by atoms with van der Waals surface area (Å²) in [5.74, 6) is -0.283. The van der Waals surface area contributed by atoms with E-state index in [1.807, 2.05) is 18.2 Å². The highest BCUT2D eigenvalue weighted by Gasteiger charge is 2.38. The number of carbonyl (C=O) groups is 2. The lowest BCUT2D eigenvalue weighted by atomic mass is 9.83. The zero-order valence-electron chi connectivity index (χ0n) is 17.5. The van der Waals surface area contributed by atoms with E-state index in [0.717, 1.165) is 6.42 Å². The molecular formula is C26H27FN2O2. The highest BCUT2D eigenvalue weighted by Crippen LogP contribution is 2.32. The summed E-state index contributed by atoms with van der Waals surface area (Å²) in [5.41, 5.74) is 1.36. The van der Waals surface area contributed by atoms with E-state index in [-0.39, 0.29) is 17.6 Å². The van der Waals surface area contributed by atoms with Crippen LogP contribution in [0.15, 0.2) is 66.7 Å². The molecule has 1 aliphatic rings. The van der Waals surface area contributed by atoms with Crippen molar-refractivity contribution in [3.05, 3.63) is 83.7 Å². The van der Waals surface area contributed by atoms with Gasteiger partial charge in [0, 0.05) is 24.9 Å². The first-order valence-corrected chi connectivity index (χ1v) is 10.8. The van der Waals surface area contributed by atoms with Gasteiger partial charge in [0.25, 0.3) is 0 Å². The predicted molar refractivity (Wildman–Crippen MR) is 120 cm³/mol. The minimum absolute atomic E-state index is 0.0418. The van der Waals surface area contributed by atoms with Crippen molar-refractivity contribution >= 4 is 22.6 Å². The summed E-state index contributed by atoms with van der Waals surface area (Å²) in [5, 5.41) is 8.39.